The summed E-state index contributed by atoms with van der Waals surface area (Å²) < 4.78 is 16.6. The van der Waals surface area contributed by atoms with Gasteiger partial charge < -0.3 is 18.8 Å². The third-order valence-electron chi connectivity index (χ3n) is 5.47. The number of aromatic nitrogens is 1. The van der Waals surface area contributed by atoms with Gasteiger partial charge >= 0.3 is 0 Å². The molecule has 1 aliphatic heterocycles. The summed E-state index contributed by atoms with van der Waals surface area (Å²) in [5.41, 5.74) is 2.53. The average Bonchev–Trinajstić information content (AvgIpc) is 3.27. The van der Waals surface area contributed by atoms with Crippen molar-refractivity contribution < 1.29 is 13.9 Å². The van der Waals surface area contributed by atoms with Crippen LogP contribution in [0.2, 0.25) is 0 Å². The van der Waals surface area contributed by atoms with Crippen LogP contribution in [0.25, 0.3) is 12.2 Å². The minimum absolute atomic E-state index is 0.313. The zero-order valence-electron chi connectivity index (χ0n) is 18.3. The molecule has 4 rings (SSSR count). The first-order chi connectivity index (χ1) is 15.7. The van der Waals surface area contributed by atoms with Gasteiger partial charge in [-0.05, 0) is 29.3 Å². The Kier molecular flexibility index (Phi) is 6.73. The maximum absolute atomic E-state index is 9.56. The second-order valence-corrected chi connectivity index (χ2v) is 7.51. The summed E-state index contributed by atoms with van der Waals surface area (Å²) in [4.78, 5) is 8.86. The van der Waals surface area contributed by atoms with E-state index in [1.165, 1.54) is 5.56 Å². The number of nitrogens with zero attached hydrogens (tertiary/aromatic N) is 4. The molecule has 3 aromatic rings. The number of hydrogen-bond acceptors (Lipinski definition) is 7. The van der Waals surface area contributed by atoms with E-state index in [4.69, 9.17) is 13.9 Å². The molecule has 7 nitrogen and oxygen atoms in total. The molecule has 1 aliphatic rings. The fourth-order valence-electron chi connectivity index (χ4n) is 3.76. The number of benzene rings is 2. The van der Waals surface area contributed by atoms with Gasteiger partial charge in [-0.3, -0.25) is 4.90 Å². The zero-order valence-corrected chi connectivity index (χ0v) is 18.3. The summed E-state index contributed by atoms with van der Waals surface area (Å²) >= 11 is 0. The van der Waals surface area contributed by atoms with E-state index >= 15 is 0 Å². The van der Waals surface area contributed by atoms with Gasteiger partial charge in [-0.25, -0.2) is 0 Å². The van der Waals surface area contributed by atoms with Gasteiger partial charge in [0.15, 0.2) is 11.5 Å². The highest BCUT2D eigenvalue weighted by molar-refractivity contribution is 5.69. The highest BCUT2D eigenvalue weighted by Crippen LogP contribution is 2.29. The van der Waals surface area contributed by atoms with E-state index in [1.54, 1.807) is 20.3 Å². The molecule has 7 heteroatoms. The zero-order chi connectivity index (χ0) is 22.3. The Morgan fingerprint density at radius 2 is 1.75 bits per heavy atom. The number of nitriles is 1. The largest absolute Gasteiger partial charge is 0.493 e. The predicted molar refractivity (Wildman–Crippen MR) is 124 cm³/mol. The summed E-state index contributed by atoms with van der Waals surface area (Å²) in [5, 5.41) is 9.56. The first-order valence-electron chi connectivity index (χ1n) is 10.5. The van der Waals surface area contributed by atoms with Crippen LogP contribution < -0.4 is 14.4 Å². The number of rotatable bonds is 7. The van der Waals surface area contributed by atoms with Gasteiger partial charge in [0.05, 0.1) is 14.2 Å². The first kappa shape index (κ1) is 21.5. The topological polar surface area (TPSA) is 74.8 Å². The fraction of sp³-hybridized carbons (Fsp3) is 0.280. The number of piperazine rings is 1. The maximum Gasteiger partial charge on any atom is 0.235 e. The van der Waals surface area contributed by atoms with E-state index < -0.39 is 0 Å². The normalized spacial score (nSPS) is 14.5. The Hall–Kier alpha value is -3.76. The smallest absolute Gasteiger partial charge is 0.235 e. The molecule has 0 saturated carbocycles. The Balaban J connectivity index is 1.43. The summed E-state index contributed by atoms with van der Waals surface area (Å²) in [5.74, 6) is 2.26. The predicted octanol–water partition coefficient (Wildman–Crippen LogP) is 4.06. The van der Waals surface area contributed by atoms with E-state index in [0.29, 0.717) is 29.0 Å². The molecule has 0 bridgehead atoms. The summed E-state index contributed by atoms with van der Waals surface area (Å²) in [6, 6.07) is 18.3. The fourth-order valence-corrected chi connectivity index (χ4v) is 3.76. The van der Waals surface area contributed by atoms with Crippen LogP contribution in [0.5, 0.6) is 11.5 Å². The Labute approximate surface area is 188 Å². The number of ether oxygens (including phenoxy) is 2. The standard InChI is InChI=1S/C25H26N4O3/c1-30-22-10-8-19(16-23(22)31-2)9-11-24-27-21(17-26)25(32-24)29-14-12-28(13-15-29)18-20-6-4-3-5-7-20/h3-11,16H,12-15,18H2,1-2H3/b11-9+. The van der Waals surface area contributed by atoms with Crippen LogP contribution in [0.15, 0.2) is 52.9 Å². The molecule has 0 amide bonds. The second kappa shape index (κ2) is 10.0. The molecule has 0 unspecified atom stereocenters. The molecule has 0 N–H and O–H groups in total. The molecular weight excluding hydrogens is 404 g/mol. The lowest BCUT2D eigenvalue weighted by Gasteiger charge is -2.34. The minimum atomic E-state index is 0.313. The van der Waals surface area contributed by atoms with Crippen LogP contribution in [0.3, 0.4) is 0 Å². The van der Waals surface area contributed by atoms with E-state index in [-0.39, 0.29) is 0 Å². The average molecular weight is 431 g/mol. The van der Waals surface area contributed by atoms with Crippen molar-refractivity contribution in [3.63, 3.8) is 0 Å². The molecule has 1 fully saturated rings. The molecule has 2 heterocycles. The minimum Gasteiger partial charge on any atom is -0.493 e. The molecule has 1 aromatic heterocycles. The van der Waals surface area contributed by atoms with Crippen molar-refractivity contribution in [2.45, 2.75) is 6.54 Å². The van der Waals surface area contributed by atoms with E-state index in [1.807, 2.05) is 30.3 Å². The van der Waals surface area contributed by atoms with Gasteiger partial charge in [0, 0.05) is 38.8 Å². The van der Waals surface area contributed by atoms with E-state index in [9.17, 15) is 5.26 Å². The third-order valence-corrected chi connectivity index (χ3v) is 5.47. The molecule has 32 heavy (non-hydrogen) atoms. The lowest BCUT2D eigenvalue weighted by atomic mass is 10.2. The van der Waals surface area contributed by atoms with Crippen molar-refractivity contribution in [3.8, 4) is 17.6 Å². The van der Waals surface area contributed by atoms with Crippen molar-refractivity contribution >= 4 is 18.0 Å². The summed E-state index contributed by atoms with van der Waals surface area (Å²) in [7, 11) is 3.21. The van der Waals surface area contributed by atoms with Gasteiger partial charge in [-0.15, -0.1) is 0 Å². The molecule has 0 radical (unpaired) electrons. The quantitative estimate of drug-likeness (QED) is 0.560. The van der Waals surface area contributed by atoms with Crippen molar-refractivity contribution in [3.05, 3.63) is 71.2 Å². The van der Waals surface area contributed by atoms with Gasteiger partial charge in [0.2, 0.25) is 17.5 Å². The van der Waals surface area contributed by atoms with Crippen LogP contribution in [0.4, 0.5) is 5.88 Å². The molecule has 1 saturated heterocycles. The van der Waals surface area contributed by atoms with Crippen LogP contribution in [0.1, 0.15) is 22.7 Å². The molecule has 0 spiro atoms. The first-order valence-corrected chi connectivity index (χ1v) is 10.5. The Morgan fingerprint density at radius 3 is 2.44 bits per heavy atom. The summed E-state index contributed by atoms with van der Waals surface area (Å²) in [6.07, 6.45) is 3.63. The number of methoxy groups -OCH3 is 2. The molecule has 2 aromatic carbocycles. The lowest BCUT2D eigenvalue weighted by Crippen LogP contribution is -2.46. The third kappa shape index (κ3) is 4.93. The number of hydrogen-bond donors (Lipinski definition) is 0. The number of anilines is 1. The van der Waals surface area contributed by atoms with Crippen molar-refractivity contribution in [1.82, 2.24) is 9.88 Å². The molecule has 164 valence electrons. The van der Waals surface area contributed by atoms with Gasteiger partial charge in [-0.2, -0.15) is 10.2 Å². The second-order valence-electron chi connectivity index (χ2n) is 7.51. The molecular formula is C25H26N4O3. The lowest BCUT2D eigenvalue weighted by molar-refractivity contribution is 0.246. The van der Waals surface area contributed by atoms with Crippen LogP contribution >= 0.6 is 0 Å². The van der Waals surface area contributed by atoms with Gasteiger partial charge in [-0.1, -0.05) is 36.4 Å². The van der Waals surface area contributed by atoms with Crippen molar-refractivity contribution in [2.75, 3.05) is 45.3 Å². The van der Waals surface area contributed by atoms with E-state index in [0.717, 1.165) is 38.3 Å². The Bertz CT molecular complexity index is 1110. The van der Waals surface area contributed by atoms with E-state index in [2.05, 4.69) is 45.1 Å². The molecule has 0 atom stereocenters. The van der Waals surface area contributed by atoms with Gasteiger partial charge in [0.1, 0.15) is 6.07 Å². The van der Waals surface area contributed by atoms with Crippen molar-refractivity contribution in [1.29, 1.82) is 5.26 Å². The number of oxazole rings is 1. The van der Waals surface area contributed by atoms with Crippen LogP contribution in [0, 0.1) is 11.3 Å². The van der Waals surface area contributed by atoms with Crippen molar-refractivity contribution in [2.24, 2.45) is 0 Å². The summed E-state index contributed by atoms with van der Waals surface area (Å²) in [6.45, 7) is 4.30. The highest BCUT2D eigenvalue weighted by Gasteiger charge is 2.23. The molecule has 0 aliphatic carbocycles. The highest BCUT2D eigenvalue weighted by atomic mass is 16.5. The SMILES string of the molecule is COc1ccc(/C=C/c2nc(C#N)c(N3CCN(Cc4ccccc4)CC3)o2)cc1OC. The van der Waals surface area contributed by atoms with Gasteiger partial charge in [0.25, 0.3) is 0 Å². The van der Waals surface area contributed by atoms with Crippen LogP contribution in [-0.2, 0) is 6.54 Å². The maximum atomic E-state index is 9.56. The monoisotopic (exact) mass is 430 g/mol. The van der Waals surface area contributed by atoms with Crippen LogP contribution in [-0.4, -0.2) is 50.3 Å². The Morgan fingerprint density at radius 1 is 1.00 bits per heavy atom.